The van der Waals surface area contributed by atoms with E-state index >= 15 is 0 Å². The van der Waals surface area contributed by atoms with E-state index in [0.717, 1.165) is 35.4 Å². The average Bonchev–Trinajstić information content (AvgIpc) is 2.97. The Labute approximate surface area is 131 Å². The quantitative estimate of drug-likeness (QED) is 0.912. The molecule has 1 aliphatic rings. The predicted octanol–water partition coefficient (Wildman–Crippen LogP) is 2.08. The maximum Gasteiger partial charge on any atom is 0.258 e. The van der Waals surface area contributed by atoms with Gasteiger partial charge in [0.05, 0.1) is 17.6 Å². The van der Waals surface area contributed by atoms with Crippen LogP contribution in [0.1, 0.15) is 11.9 Å². The van der Waals surface area contributed by atoms with Crippen molar-refractivity contribution in [1.82, 2.24) is 20.4 Å². The molecule has 1 atom stereocenters. The summed E-state index contributed by atoms with van der Waals surface area (Å²) >= 11 is 3.46. The number of piperazine rings is 1. The first-order valence-electron chi connectivity index (χ1n) is 6.77. The summed E-state index contributed by atoms with van der Waals surface area (Å²) in [4.78, 5) is 6.76. The number of rotatable bonds is 3. The first-order valence-corrected chi connectivity index (χ1v) is 7.57. The van der Waals surface area contributed by atoms with Gasteiger partial charge in [0.25, 0.3) is 5.89 Å². The number of nitrogens with one attached hydrogen (secondary N) is 1. The highest BCUT2D eigenvalue weighted by atomic mass is 79.9. The van der Waals surface area contributed by atoms with Crippen LogP contribution in [-0.4, -0.2) is 48.8 Å². The van der Waals surface area contributed by atoms with Gasteiger partial charge >= 0.3 is 0 Å². The molecule has 1 unspecified atom stereocenters. The minimum atomic E-state index is 0.151. The Bertz CT molecular complexity index is 631. The van der Waals surface area contributed by atoms with Crippen molar-refractivity contribution in [3.8, 4) is 17.2 Å². The van der Waals surface area contributed by atoms with Gasteiger partial charge in [-0.2, -0.15) is 4.98 Å². The average molecular weight is 353 g/mol. The van der Waals surface area contributed by atoms with Gasteiger partial charge < -0.3 is 14.6 Å². The van der Waals surface area contributed by atoms with Crippen molar-refractivity contribution in [2.45, 2.75) is 6.04 Å². The summed E-state index contributed by atoms with van der Waals surface area (Å²) in [6.45, 7) is 2.80. The van der Waals surface area contributed by atoms with Crippen LogP contribution in [0.15, 0.2) is 27.2 Å². The van der Waals surface area contributed by atoms with Crippen LogP contribution in [-0.2, 0) is 0 Å². The normalized spacial score (nSPS) is 19.7. The lowest BCUT2D eigenvalue weighted by molar-refractivity contribution is 0.190. The Balaban J connectivity index is 1.86. The van der Waals surface area contributed by atoms with E-state index in [1.165, 1.54) is 0 Å². The molecular weight excluding hydrogens is 336 g/mol. The highest BCUT2D eigenvalue weighted by Gasteiger charge is 2.25. The Morgan fingerprint density at radius 3 is 3.05 bits per heavy atom. The molecule has 2 heterocycles. The third kappa shape index (κ3) is 2.95. The second-order valence-corrected chi connectivity index (χ2v) is 5.86. The van der Waals surface area contributed by atoms with Crippen LogP contribution in [0.5, 0.6) is 5.75 Å². The maximum atomic E-state index is 5.40. The molecule has 0 radical (unpaired) electrons. The largest absolute Gasteiger partial charge is 0.496 e. The van der Waals surface area contributed by atoms with Gasteiger partial charge in [-0.25, -0.2) is 0 Å². The molecule has 6 nitrogen and oxygen atoms in total. The zero-order chi connectivity index (χ0) is 14.8. The Morgan fingerprint density at radius 2 is 2.33 bits per heavy atom. The molecule has 0 amide bonds. The van der Waals surface area contributed by atoms with Gasteiger partial charge in [-0.15, -0.1) is 0 Å². The summed E-state index contributed by atoms with van der Waals surface area (Å²) in [6, 6.07) is 5.85. The van der Waals surface area contributed by atoms with Gasteiger partial charge in [0.2, 0.25) is 0 Å². The molecule has 1 N–H and O–H groups in total. The molecule has 0 spiro atoms. The third-order valence-electron chi connectivity index (χ3n) is 3.65. The van der Waals surface area contributed by atoms with E-state index < -0.39 is 0 Å². The lowest BCUT2D eigenvalue weighted by Gasteiger charge is -2.30. The molecule has 7 heteroatoms. The highest BCUT2D eigenvalue weighted by molar-refractivity contribution is 9.10. The standard InChI is InChI=1S/C14H17BrN4O2/c1-19-6-5-16-8-11(19)13-17-14(21-18-13)9-3-4-12(20-2)10(15)7-9/h3-4,7,11,16H,5-6,8H2,1-2H3. The predicted molar refractivity (Wildman–Crippen MR) is 82.2 cm³/mol. The molecule has 2 aromatic rings. The molecule has 1 aromatic carbocycles. The maximum absolute atomic E-state index is 5.40. The summed E-state index contributed by atoms with van der Waals surface area (Å²) in [6.07, 6.45) is 0. The zero-order valence-electron chi connectivity index (χ0n) is 12.0. The van der Waals surface area contributed by atoms with Gasteiger partial charge in [0.15, 0.2) is 5.82 Å². The molecule has 112 valence electrons. The van der Waals surface area contributed by atoms with E-state index in [9.17, 15) is 0 Å². The zero-order valence-corrected chi connectivity index (χ0v) is 13.6. The number of methoxy groups -OCH3 is 1. The molecule has 0 bridgehead atoms. The van der Waals surface area contributed by atoms with Gasteiger partial charge in [0, 0.05) is 25.2 Å². The van der Waals surface area contributed by atoms with Crippen LogP contribution < -0.4 is 10.1 Å². The lowest BCUT2D eigenvalue weighted by Crippen LogP contribution is -2.44. The molecule has 21 heavy (non-hydrogen) atoms. The second kappa shape index (κ2) is 6.13. The number of hydrogen-bond acceptors (Lipinski definition) is 6. The summed E-state index contributed by atoms with van der Waals surface area (Å²) in [5.41, 5.74) is 0.868. The Hall–Kier alpha value is -1.44. The number of halogens is 1. The molecule has 1 fully saturated rings. The summed E-state index contributed by atoms with van der Waals surface area (Å²) in [5, 5.41) is 7.47. The van der Waals surface area contributed by atoms with Crippen molar-refractivity contribution in [3.05, 3.63) is 28.5 Å². The topological polar surface area (TPSA) is 63.4 Å². The molecule has 0 saturated carbocycles. The SMILES string of the molecule is COc1ccc(-c2nc(C3CNCCN3C)no2)cc1Br. The summed E-state index contributed by atoms with van der Waals surface area (Å²) < 4.78 is 11.5. The molecule has 1 aliphatic heterocycles. The van der Waals surface area contributed by atoms with Crippen LogP contribution in [0.25, 0.3) is 11.5 Å². The van der Waals surface area contributed by atoms with Crippen molar-refractivity contribution in [1.29, 1.82) is 0 Å². The molecule has 3 rings (SSSR count). The fourth-order valence-electron chi connectivity index (χ4n) is 2.38. The number of likely N-dealkylation sites (N-methyl/N-ethyl adjacent to an activating group) is 1. The third-order valence-corrected chi connectivity index (χ3v) is 4.27. The smallest absolute Gasteiger partial charge is 0.258 e. The van der Waals surface area contributed by atoms with Crippen LogP contribution >= 0.6 is 15.9 Å². The Kier molecular flexibility index (Phi) is 4.23. The van der Waals surface area contributed by atoms with Gasteiger partial charge in [-0.1, -0.05) is 5.16 Å². The van der Waals surface area contributed by atoms with Crippen LogP contribution in [0.3, 0.4) is 0 Å². The molecule has 1 aromatic heterocycles. The van der Waals surface area contributed by atoms with Crippen LogP contribution in [0.2, 0.25) is 0 Å². The monoisotopic (exact) mass is 352 g/mol. The fraction of sp³-hybridized carbons (Fsp3) is 0.429. The minimum Gasteiger partial charge on any atom is -0.496 e. The Morgan fingerprint density at radius 1 is 1.48 bits per heavy atom. The fourth-order valence-corrected chi connectivity index (χ4v) is 2.92. The number of benzene rings is 1. The number of hydrogen-bond donors (Lipinski definition) is 1. The van der Waals surface area contributed by atoms with Crippen molar-refractivity contribution in [2.24, 2.45) is 0 Å². The van der Waals surface area contributed by atoms with E-state index in [4.69, 9.17) is 9.26 Å². The van der Waals surface area contributed by atoms with Crippen molar-refractivity contribution < 1.29 is 9.26 Å². The lowest BCUT2D eigenvalue weighted by atomic mass is 10.2. The summed E-state index contributed by atoms with van der Waals surface area (Å²) in [5.74, 6) is 2.01. The minimum absolute atomic E-state index is 0.151. The highest BCUT2D eigenvalue weighted by Crippen LogP contribution is 2.30. The van der Waals surface area contributed by atoms with E-state index in [1.54, 1.807) is 7.11 Å². The first kappa shape index (κ1) is 14.5. The van der Waals surface area contributed by atoms with Crippen molar-refractivity contribution in [2.75, 3.05) is 33.8 Å². The van der Waals surface area contributed by atoms with Gasteiger partial charge in [-0.05, 0) is 41.2 Å². The van der Waals surface area contributed by atoms with E-state index in [-0.39, 0.29) is 6.04 Å². The van der Waals surface area contributed by atoms with E-state index in [1.807, 2.05) is 18.2 Å². The first-order chi connectivity index (χ1) is 10.2. The number of nitrogens with zero attached hydrogens (tertiary/aromatic N) is 3. The van der Waals surface area contributed by atoms with E-state index in [0.29, 0.717) is 11.7 Å². The number of aromatic nitrogens is 2. The molecular formula is C14H17BrN4O2. The van der Waals surface area contributed by atoms with E-state index in [2.05, 4.69) is 43.3 Å². The van der Waals surface area contributed by atoms with Crippen LogP contribution in [0.4, 0.5) is 0 Å². The van der Waals surface area contributed by atoms with Gasteiger partial charge in [-0.3, -0.25) is 4.90 Å². The van der Waals surface area contributed by atoms with Gasteiger partial charge in [0.1, 0.15) is 5.75 Å². The van der Waals surface area contributed by atoms with Crippen LogP contribution in [0, 0.1) is 0 Å². The van der Waals surface area contributed by atoms with Crippen molar-refractivity contribution >= 4 is 15.9 Å². The second-order valence-electron chi connectivity index (χ2n) is 5.01. The summed E-state index contributed by atoms with van der Waals surface area (Å²) in [7, 11) is 3.71. The van der Waals surface area contributed by atoms with Crippen molar-refractivity contribution in [3.63, 3.8) is 0 Å². The molecule has 0 aliphatic carbocycles. The molecule has 1 saturated heterocycles. The number of ether oxygens (including phenoxy) is 1.